The van der Waals surface area contributed by atoms with E-state index in [1.807, 2.05) is 31.2 Å². The predicted octanol–water partition coefficient (Wildman–Crippen LogP) is 2.65. The van der Waals surface area contributed by atoms with Crippen molar-refractivity contribution in [2.24, 2.45) is 0 Å². The second kappa shape index (κ2) is 7.78. The van der Waals surface area contributed by atoms with E-state index in [9.17, 15) is 9.90 Å². The van der Waals surface area contributed by atoms with E-state index in [4.69, 9.17) is 4.74 Å². The molecule has 1 heterocycles. The number of imidazole rings is 1. The molecular weight excluding hydrogens is 268 g/mol. The van der Waals surface area contributed by atoms with E-state index < -0.39 is 0 Å². The number of rotatable bonds is 8. The molecule has 0 saturated heterocycles. The van der Waals surface area contributed by atoms with Gasteiger partial charge in [-0.15, -0.1) is 0 Å². The molecule has 0 aliphatic rings. The molecule has 21 heavy (non-hydrogen) atoms. The van der Waals surface area contributed by atoms with Crippen LogP contribution in [0.1, 0.15) is 38.4 Å². The zero-order chi connectivity index (χ0) is 15.1. The fraction of sp³-hybridized carbons (Fsp3) is 0.500. The molecule has 1 N–H and O–H groups in total. The van der Waals surface area contributed by atoms with Crippen LogP contribution in [-0.2, 0) is 22.7 Å². The minimum Gasteiger partial charge on any atom is -0.466 e. The lowest BCUT2D eigenvalue weighted by Gasteiger charge is -2.07. The first-order valence-corrected chi connectivity index (χ1v) is 7.47. The van der Waals surface area contributed by atoms with Gasteiger partial charge in [0, 0.05) is 13.0 Å². The van der Waals surface area contributed by atoms with Crippen LogP contribution in [0.4, 0.5) is 0 Å². The number of unbranched alkanes of at least 4 members (excludes halogenated alkanes) is 2. The van der Waals surface area contributed by atoms with Crippen LogP contribution in [0.5, 0.6) is 0 Å². The summed E-state index contributed by atoms with van der Waals surface area (Å²) in [4.78, 5) is 15.7. The summed E-state index contributed by atoms with van der Waals surface area (Å²) in [6.45, 7) is 3.01. The molecule has 5 nitrogen and oxygen atoms in total. The number of benzene rings is 1. The fourth-order valence-corrected chi connectivity index (χ4v) is 2.44. The summed E-state index contributed by atoms with van der Waals surface area (Å²) in [6, 6.07) is 7.88. The molecule has 114 valence electrons. The smallest absolute Gasteiger partial charge is 0.305 e. The quantitative estimate of drug-likeness (QED) is 0.599. The maximum absolute atomic E-state index is 11.2. The van der Waals surface area contributed by atoms with Crippen molar-refractivity contribution in [1.29, 1.82) is 0 Å². The summed E-state index contributed by atoms with van der Waals surface area (Å²) in [5.74, 6) is 0.572. The van der Waals surface area contributed by atoms with Crippen LogP contribution in [-0.4, -0.2) is 27.2 Å². The van der Waals surface area contributed by atoms with E-state index in [-0.39, 0.29) is 12.6 Å². The second-order valence-corrected chi connectivity index (χ2v) is 4.94. The molecule has 2 rings (SSSR count). The van der Waals surface area contributed by atoms with Crippen LogP contribution in [0.3, 0.4) is 0 Å². The number of aliphatic hydroxyl groups excluding tert-OH is 1. The van der Waals surface area contributed by atoms with Crippen LogP contribution >= 0.6 is 0 Å². The molecule has 0 fully saturated rings. The third-order valence-corrected chi connectivity index (χ3v) is 3.44. The van der Waals surface area contributed by atoms with Crippen molar-refractivity contribution < 1.29 is 14.6 Å². The Morgan fingerprint density at radius 2 is 2.10 bits per heavy atom. The molecule has 0 spiro atoms. The molecule has 5 heteroatoms. The number of fused-ring (bicyclic) bond motifs is 1. The van der Waals surface area contributed by atoms with Gasteiger partial charge in [-0.3, -0.25) is 4.79 Å². The minimum atomic E-state index is -0.123. The SMILES string of the molecule is CCOC(=O)CCCCCn1c(CO)nc2ccccc21. The third-order valence-electron chi connectivity index (χ3n) is 3.44. The van der Waals surface area contributed by atoms with Gasteiger partial charge in [-0.2, -0.15) is 0 Å². The highest BCUT2D eigenvalue weighted by Crippen LogP contribution is 2.17. The van der Waals surface area contributed by atoms with Gasteiger partial charge in [0.05, 0.1) is 17.6 Å². The van der Waals surface area contributed by atoms with Gasteiger partial charge in [-0.25, -0.2) is 4.98 Å². The van der Waals surface area contributed by atoms with Gasteiger partial charge < -0.3 is 14.4 Å². The number of carbonyl (C=O) groups is 1. The Kier molecular flexibility index (Phi) is 5.75. The molecule has 0 aliphatic carbocycles. The first-order valence-electron chi connectivity index (χ1n) is 7.47. The van der Waals surface area contributed by atoms with Gasteiger partial charge in [0.15, 0.2) is 0 Å². The lowest BCUT2D eigenvalue weighted by atomic mass is 10.2. The molecule has 0 aliphatic heterocycles. The largest absolute Gasteiger partial charge is 0.466 e. The molecule has 0 atom stereocenters. The van der Waals surface area contributed by atoms with Gasteiger partial charge >= 0.3 is 5.97 Å². The third kappa shape index (κ3) is 4.04. The van der Waals surface area contributed by atoms with Crippen LogP contribution in [0.15, 0.2) is 24.3 Å². The van der Waals surface area contributed by atoms with E-state index >= 15 is 0 Å². The van der Waals surface area contributed by atoms with Gasteiger partial charge in [-0.05, 0) is 31.9 Å². The molecule has 0 radical (unpaired) electrons. The average molecular weight is 290 g/mol. The zero-order valence-electron chi connectivity index (χ0n) is 12.4. The molecule has 1 aromatic heterocycles. The number of hydrogen-bond acceptors (Lipinski definition) is 4. The Morgan fingerprint density at radius 1 is 1.29 bits per heavy atom. The highest BCUT2D eigenvalue weighted by atomic mass is 16.5. The van der Waals surface area contributed by atoms with Gasteiger partial charge in [0.25, 0.3) is 0 Å². The Bertz CT molecular complexity index is 592. The molecular formula is C16H22N2O3. The van der Waals surface area contributed by atoms with Crippen LogP contribution in [0, 0.1) is 0 Å². The fourth-order valence-electron chi connectivity index (χ4n) is 2.44. The summed E-state index contributed by atoms with van der Waals surface area (Å²) < 4.78 is 6.96. The molecule has 1 aromatic carbocycles. The maximum atomic E-state index is 11.2. The Balaban J connectivity index is 1.87. The van der Waals surface area contributed by atoms with Crippen molar-refractivity contribution in [2.75, 3.05) is 6.61 Å². The van der Waals surface area contributed by atoms with Crippen LogP contribution in [0.2, 0.25) is 0 Å². The number of aryl methyl sites for hydroxylation is 1. The van der Waals surface area contributed by atoms with Crippen molar-refractivity contribution in [3.63, 3.8) is 0 Å². The van der Waals surface area contributed by atoms with Gasteiger partial charge in [0.2, 0.25) is 0 Å². The van der Waals surface area contributed by atoms with E-state index in [1.165, 1.54) is 0 Å². The standard InChI is InChI=1S/C16H22N2O3/c1-2-21-16(20)10-4-3-7-11-18-14-9-6-5-8-13(14)17-15(18)12-19/h5-6,8-9,19H,2-4,7,10-12H2,1H3. The molecule has 0 amide bonds. The van der Waals surface area contributed by atoms with E-state index in [2.05, 4.69) is 9.55 Å². The summed E-state index contributed by atoms with van der Waals surface area (Å²) in [6.07, 6.45) is 3.22. The van der Waals surface area contributed by atoms with Crippen molar-refractivity contribution in [2.45, 2.75) is 45.8 Å². The summed E-state index contributed by atoms with van der Waals surface area (Å²) in [7, 11) is 0. The average Bonchev–Trinajstić information content (AvgIpc) is 2.85. The molecule has 0 saturated carbocycles. The van der Waals surface area contributed by atoms with Gasteiger partial charge in [0.1, 0.15) is 12.4 Å². The predicted molar refractivity (Wildman–Crippen MR) is 80.8 cm³/mol. The van der Waals surface area contributed by atoms with Crippen LogP contribution in [0.25, 0.3) is 11.0 Å². The summed E-state index contributed by atoms with van der Waals surface area (Å²) >= 11 is 0. The Labute approximate surface area is 124 Å². The first-order chi connectivity index (χ1) is 10.3. The number of esters is 1. The van der Waals surface area contributed by atoms with Crippen molar-refractivity contribution in [3.8, 4) is 0 Å². The topological polar surface area (TPSA) is 64.3 Å². The zero-order valence-corrected chi connectivity index (χ0v) is 12.4. The number of ether oxygens (including phenoxy) is 1. The van der Waals surface area contributed by atoms with E-state index in [0.29, 0.717) is 18.9 Å². The van der Waals surface area contributed by atoms with Crippen molar-refractivity contribution in [1.82, 2.24) is 9.55 Å². The number of hydrogen-bond donors (Lipinski definition) is 1. The molecule has 2 aromatic rings. The monoisotopic (exact) mass is 290 g/mol. The van der Waals surface area contributed by atoms with E-state index in [0.717, 1.165) is 36.8 Å². The number of para-hydroxylation sites is 2. The lowest BCUT2D eigenvalue weighted by Crippen LogP contribution is -2.05. The minimum absolute atomic E-state index is 0.0580. The number of aromatic nitrogens is 2. The first kappa shape index (κ1) is 15.5. The highest BCUT2D eigenvalue weighted by molar-refractivity contribution is 5.75. The van der Waals surface area contributed by atoms with Crippen LogP contribution < -0.4 is 0 Å². The second-order valence-electron chi connectivity index (χ2n) is 4.94. The maximum Gasteiger partial charge on any atom is 0.305 e. The van der Waals surface area contributed by atoms with Crippen molar-refractivity contribution >= 4 is 17.0 Å². The summed E-state index contributed by atoms with van der Waals surface area (Å²) in [5.41, 5.74) is 1.96. The lowest BCUT2D eigenvalue weighted by molar-refractivity contribution is -0.143. The summed E-state index contributed by atoms with van der Waals surface area (Å²) in [5, 5.41) is 9.41. The van der Waals surface area contributed by atoms with E-state index in [1.54, 1.807) is 0 Å². The Hall–Kier alpha value is -1.88. The number of nitrogens with zero attached hydrogens (tertiary/aromatic N) is 2. The van der Waals surface area contributed by atoms with Gasteiger partial charge in [-0.1, -0.05) is 18.6 Å². The number of carbonyl (C=O) groups excluding carboxylic acids is 1. The highest BCUT2D eigenvalue weighted by Gasteiger charge is 2.09. The Morgan fingerprint density at radius 3 is 2.86 bits per heavy atom. The van der Waals surface area contributed by atoms with Crippen molar-refractivity contribution in [3.05, 3.63) is 30.1 Å². The molecule has 0 bridgehead atoms. The molecule has 0 unspecified atom stereocenters. The number of aliphatic hydroxyl groups is 1. The normalized spacial score (nSPS) is 11.0.